The first-order valence-electron chi connectivity index (χ1n) is 18.2. The van der Waals surface area contributed by atoms with E-state index in [0.29, 0.717) is 19.2 Å². The molecule has 0 radical (unpaired) electrons. The van der Waals surface area contributed by atoms with E-state index in [-0.39, 0.29) is 23.9 Å². The number of para-hydroxylation sites is 1. The highest BCUT2D eigenvalue weighted by Gasteiger charge is 2.46. The lowest BCUT2D eigenvalue weighted by Crippen LogP contribution is -2.47. The highest BCUT2D eigenvalue weighted by molar-refractivity contribution is 7.99. The van der Waals surface area contributed by atoms with Crippen LogP contribution in [0.25, 0.3) is 11.1 Å². The third kappa shape index (κ3) is 10.2. The summed E-state index contributed by atoms with van der Waals surface area (Å²) < 4.78 is 6.28. The maximum atomic E-state index is 13.3. The van der Waals surface area contributed by atoms with E-state index in [4.69, 9.17) is 21.4 Å². The van der Waals surface area contributed by atoms with Crippen LogP contribution in [-0.4, -0.2) is 97.1 Å². The molecule has 12 heteroatoms. The molecular weight excluding hydrogens is 706 g/mol. The van der Waals surface area contributed by atoms with Crippen LogP contribution >= 0.6 is 35.1 Å². The summed E-state index contributed by atoms with van der Waals surface area (Å²) in [7, 11) is 0. The molecule has 2 aromatic carbocycles. The van der Waals surface area contributed by atoms with Crippen LogP contribution in [0.4, 0.5) is 0 Å². The summed E-state index contributed by atoms with van der Waals surface area (Å²) in [6.45, 7) is 0.526. The van der Waals surface area contributed by atoms with Crippen molar-refractivity contribution in [1.29, 1.82) is 0 Å². The van der Waals surface area contributed by atoms with Crippen LogP contribution in [0.5, 0.6) is 5.75 Å². The van der Waals surface area contributed by atoms with Crippen LogP contribution in [0.1, 0.15) is 68.9 Å². The number of benzene rings is 2. The van der Waals surface area contributed by atoms with Gasteiger partial charge in [-0.2, -0.15) is 11.8 Å². The summed E-state index contributed by atoms with van der Waals surface area (Å²) in [5.41, 5.74) is 4.32. The first-order valence-corrected chi connectivity index (χ1v) is 20.7. The molecule has 1 saturated heterocycles. The fraction of sp³-hybridized carbons (Fsp3) is 0.538. The van der Waals surface area contributed by atoms with Gasteiger partial charge in [0.25, 0.3) is 0 Å². The van der Waals surface area contributed by atoms with Gasteiger partial charge in [-0.3, -0.25) is 9.78 Å². The largest absolute Gasteiger partial charge is 0.490 e. The number of aromatic nitrogens is 1. The number of pyridine rings is 1. The minimum Gasteiger partial charge on any atom is -0.490 e. The molecule has 51 heavy (non-hydrogen) atoms. The summed E-state index contributed by atoms with van der Waals surface area (Å²) in [5.74, 6) is 3.55. The Labute approximate surface area is 314 Å². The van der Waals surface area contributed by atoms with Gasteiger partial charge >= 0.3 is 0 Å². The summed E-state index contributed by atoms with van der Waals surface area (Å²) in [6, 6.07) is 16.7. The predicted molar refractivity (Wildman–Crippen MR) is 204 cm³/mol. The number of nitrogens with zero attached hydrogens (tertiary/aromatic N) is 2. The number of nitrogens with one attached hydrogen (secondary N) is 1. The number of hydrogen-bond acceptors (Lipinski definition) is 10. The maximum absolute atomic E-state index is 13.3. The number of carbonyl (C=O) groups excluding carboxylic acids is 1. The van der Waals surface area contributed by atoms with E-state index < -0.39 is 24.9 Å². The summed E-state index contributed by atoms with van der Waals surface area (Å²) in [5, 5.41) is 43.8. The van der Waals surface area contributed by atoms with Crippen molar-refractivity contribution in [3.63, 3.8) is 0 Å². The lowest BCUT2D eigenvalue weighted by Gasteiger charge is -2.35. The Morgan fingerprint density at radius 2 is 1.82 bits per heavy atom. The van der Waals surface area contributed by atoms with Gasteiger partial charge < -0.3 is 35.4 Å². The van der Waals surface area contributed by atoms with Gasteiger partial charge in [-0.1, -0.05) is 29.8 Å². The average molecular weight is 756 g/mol. The van der Waals surface area contributed by atoms with Gasteiger partial charge in [-0.05, 0) is 116 Å². The van der Waals surface area contributed by atoms with E-state index >= 15 is 0 Å². The number of amides is 1. The van der Waals surface area contributed by atoms with Crippen molar-refractivity contribution >= 4 is 41.0 Å². The van der Waals surface area contributed by atoms with Crippen molar-refractivity contribution in [1.82, 2.24) is 15.2 Å². The number of rotatable bonds is 19. The second-order valence-corrected chi connectivity index (χ2v) is 16.7. The molecule has 2 aliphatic carbocycles. The predicted octanol–water partition coefficient (Wildman–Crippen LogP) is 5.78. The van der Waals surface area contributed by atoms with Gasteiger partial charge in [-0.15, -0.1) is 11.8 Å². The van der Waals surface area contributed by atoms with Crippen molar-refractivity contribution in [2.75, 3.05) is 30.4 Å². The first-order chi connectivity index (χ1) is 24.8. The summed E-state index contributed by atoms with van der Waals surface area (Å²) in [4.78, 5) is 20.8. The maximum Gasteiger partial charge on any atom is 0.225 e. The molecule has 3 unspecified atom stereocenters. The SMILES string of the molecule is O=C(CC(O)C(O)C(O)CO)N(CCCCSc1ccc(Cl)c(CNC2(c3cnccc3-c3ccccc3OC3CC3)CC2)c1)C1CCSCC1. The molecule has 0 bridgehead atoms. The van der Waals surface area contributed by atoms with Crippen LogP contribution < -0.4 is 10.1 Å². The molecule has 1 amide bonds. The Morgan fingerprint density at radius 1 is 1.04 bits per heavy atom. The summed E-state index contributed by atoms with van der Waals surface area (Å²) >= 11 is 10.4. The molecule has 1 aromatic heterocycles. The van der Waals surface area contributed by atoms with Gasteiger partial charge in [0.15, 0.2) is 0 Å². The monoisotopic (exact) mass is 755 g/mol. The number of thioether (sulfide) groups is 2. The highest BCUT2D eigenvalue weighted by atomic mass is 35.5. The molecule has 276 valence electrons. The normalized spacial score (nSPS) is 18.9. The molecule has 2 heterocycles. The van der Waals surface area contributed by atoms with Gasteiger partial charge in [0.2, 0.25) is 5.91 Å². The van der Waals surface area contributed by atoms with Crippen LogP contribution in [0.2, 0.25) is 5.02 Å². The van der Waals surface area contributed by atoms with Crippen LogP contribution in [0.15, 0.2) is 65.8 Å². The third-order valence-electron chi connectivity index (χ3n) is 10.1. The lowest BCUT2D eigenvalue weighted by atomic mass is 9.94. The molecule has 2 saturated carbocycles. The van der Waals surface area contributed by atoms with Gasteiger partial charge in [0.05, 0.1) is 25.2 Å². The second kappa shape index (κ2) is 18.1. The number of ether oxygens (including phenoxy) is 1. The molecule has 3 atom stereocenters. The minimum absolute atomic E-state index is 0.105. The van der Waals surface area contributed by atoms with E-state index in [0.717, 1.165) is 101 Å². The number of carbonyl (C=O) groups is 1. The van der Waals surface area contributed by atoms with E-state index in [1.165, 1.54) is 5.56 Å². The molecular formula is C39H50ClN3O6S2. The topological polar surface area (TPSA) is 135 Å². The fourth-order valence-electron chi connectivity index (χ4n) is 6.74. The van der Waals surface area contributed by atoms with Gasteiger partial charge in [-0.25, -0.2) is 0 Å². The molecule has 6 rings (SSSR count). The molecule has 3 fully saturated rings. The number of unbranched alkanes of at least 4 members (excludes halogenated alkanes) is 1. The zero-order valence-electron chi connectivity index (χ0n) is 29.0. The third-order valence-corrected chi connectivity index (χ3v) is 12.6. The van der Waals surface area contributed by atoms with Crippen molar-refractivity contribution in [3.8, 4) is 16.9 Å². The Hall–Kier alpha value is -2.35. The zero-order valence-corrected chi connectivity index (χ0v) is 31.4. The molecule has 0 spiro atoms. The summed E-state index contributed by atoms with van der Waals surface area (Å²) in [6.07, 6.45) is 7.15. The molecule has 5 N–H and O–H groups in total. The Bertz CT molecular complexity index is 1600. The Kier molecular flexibility index (Phi) is 13.6. The standard InChI is InChI=1S/C39H50ClN3O6S2/c40-33-10-9-29(51-18-4-3-17-43(27-12-19-50-20-13-27)37(47)22-34(45)38(48)35(46)25-44)21-26(33)23-42-39(14-15-39)32-24-41-16-11-30(32)31-5-1-2-6-36(31)49-28-7-8-28/h1-2,5-6,9-11,16,21,24,27-28,34-35,38,42,44-46,48H,3-4,7-8,12-15,17-20,22-23,25H2. The van der Waals surface area contributed by atoms with Crippen LogP contribution in [0, 0.1) is 0 Å². The second-order valence-electron chi connectivity index (χ2n) is 13.9. The average Bonchev–Trinajstić information content (AvgIpc) is 4.11. The zero-order chi connectivity index (χ0) is 35.8. The van der Waals surface area contributed by atoms with Crippen LogP contribution in [0.3, 0.4) is 0 Å². The van der Waals surface area contributed by atoms with E-state index in [1.54, 1.807) is 11.8 Å². The van der Waals surface area contributed by atoms with Crippen molar-refractivity contribution in [3.05, 3.63) is 77.1 Å². The van der Waals surface area contributed by atoms with Gasteiger partial charge in [0, 0.05) is 52.5 Å². The molecule has 3 aliphatic rings. The van der Waals surface area contributed by atoms with E-state index in [1.807, 2.05) is 41.2 Å². The van der Waals surface area contributed by atoms with Gasteiger partial charge in [0.1, 0.15) is 18.0 Å². The molecule has 3 aromatic rings. The highest BCUT2D eigenvalue weighted by Crippen LogP contribution is 2.50. The van der Waals surface area contributed by atoms with Crippen molar-refractivity contribution in [2.24, 2.45) is 0 Å². The Morgan fingerprint density at radius 3 is 2.57 bits per heavy atom. The van der Waals surface area contributed by atoms with E-state index in [9.17, 15) is 20.1 Å². The minimum atomic E-state index is -1.57. The van der Waals surface area contributed by atoms with E-state index in [2.05, 4.69) is 46.7 Å². The fourth-order valence-corrected chi connectivity index (χ4v) is 8.98. The molecule has 9 nitrogen and oxygen atoms in total. The van der Waals surface area contributed by atoms with Crippen molar-refractivity contribution in [2.45, 2.75) is 105 Å². The number of aliphatic hydroxyl groups excluding tert-OH is 4. The quantitative estimate of drug-likeness (QED) is 0.0757. The molecule has 1 aliphatic heterocycles. The Balaban J connectivity index is 1.03. The number of hydrogen-bond donors (Lipinski definition) is 5. The lowest BCUT2D eigenvalue weighted by molar-refractivity contribution is -0.140. The number of halogens is 1. The van der Waals surface area contributed by atoms with Crippen molar-refractivity contribution < 1.29 is 30.0 Å². The number of aliphatic hydroxyl groups is 4. The van der Waals surface area contributed by atoms with Crippen LogP contribution in [-0.2, 0) is 16.9 Å². The first kappa shape index (κ1) is 38.4. The smallest absolute Gasteiger partial charge is 0.225 e.